The van der Waals surface area contributed by atoms with Crippen molar-refractivity contribution in [3.8, 4) is 11.4 Å². The molecule has 142 valence electrons. The first kappa shape index (κ1) is 17.6. The van der Waals surface area contributed by atoms with Crippen LogP contribution in [0.4, 0.5) is 0 Å². The smallest absolute Gasteiger partial charge is 0.308 e. The van der Waals surface area contributed by atoms with E-state index in [2.05, 4.69) is 5.10 Å². The van der Waals surface area contributed by atoms with Crippen LogP contribution >= 0.6 is 0 Å². The zero-order valence-electron chi connectivity index (χ0n) is 15.5. The van der Waals surface area contributed by atoms with Gasteiger partial charge in [0, 0.05) is 19.3 Å². The van der Waals surface area contributed by atoms with Gasteiger partial charge in [-0.3, -0.25) is 9.59 Å². The summed E-state index contributed by atoms with van der Waals surface area (Å²) in [5.74, 6) is -0.320. The summed E-state index contributed by atoms with van der Waals surface area (Å²) in [5, 5.41) is 13.9. The number of methoxy groups -OCH3 is 1. The Morgan fingerprint density at radius 1 is 1.22 bits per heavy atom. The molecular weight excluding hydrogens is 346 g/mol. The molecular formula is C20H23N3O4. The van der Waals surface area contributed by atoms with E-state index < -0.39 is 11.9 Å². The highest BCUT2D eigenvalue weighted by Gasteiger charge is 2.47. The summed E-state index contributed by atoms with van der Waals surface area (Å²) in [6, 6.07) is 7.43. The fraction of sp³-hybridized carbons (Fsp3) is 0.450. The van der Waals surface area contributed by atoms with Gasteiger partial charge in [0.25, 0.3) is 5.91 Å². The molecule has 0 radical (unpaired) electrons. The maximum atomic E-state index is 12.9. The van der Waals surface area contributed by atoms with E-state index in [9.17, 15) is 14.7 Å². The standard InChI is InChI=1S/C20H23N3O4/c1-12-3-6-18(27-2)17(9-12)23-8-7-16(21-23)19(24)22-10-14(13-4-5-13)15(11-22)20(25)26/h3,6-9,13-15H,4-5,10-11H2,1-2H3,(H,25,26)/t14-,15+/m1/s1. The minimum absolute atomic E-state index is 0.0606. The van der Waals surface area contributed by atoms with Gasteiger partial charge < -0.3 is 14.7 Å². The number of carbonyl (C=O) groups excluding carboxylic acids is 1. The largest absolute Gasteiger partial charge is 0.494 e. The second-order valence-electron chi connectivity index (χ2n) is 7.48. The molecule has 2 fully saturated rings. The molecule has 2 heterocycles. The molecule has 1 aliphatic heterocycles. The molecule has 1 saturated carbocycles. The van der Waals surface area contributed by atoms with Gasteiger partial charge in [-0.05, 0) is 55.4 Å². The Morgan fingerprint density at radius 2 is 2.00 bits per heavy atom. The highest BCUT2D eigenvalue weighted by atomic mass is 16.5. The Hall–Kier alpha value is -2.83. The van der Waals surface area contributed by atoms with E-state index in [0.29, 0.717) is 23.9 Å². The molecule has 2 atom stereocenters. The lowest BCUT2D eigenvalue weighted by Gasteiger charge is -2.14. The number of nitrogens with zero attached hydrogens (tertiary/aromatic N) is 3. The van der Waals surface area contributed by atoms with Crippen LogP contribution in [0.3, 0.4) is 0 Å². The topological polar surface area (TPSA) is 84.7 Å². The number of ether oxygens (including phenoxy) is 1. The van der Waals surface area contributed by atoms with Crippen LogP contribution in [0.25, 0.3) is 5.69 Å². The number of aromatic nitrogens is 2. The lowest BCUT2D eigenvalue weighted by molar-refractivity contribution is -0.142. The Morgan fingerprint density at radius 3 is 2.67 bits per heavy atom. The van der Waals surface area contributed by atoms with Crippen LogP contribution in [0.2, 0.25) is 0 Å². The van der Waals surface area contributed by atoms with Crippen molar-refractivity contribution < 1.29 is 19.4 Å². The van der Waals surface area contributed by atoms with Crippen LogP contribution in [-0.2, 0) is 4.79 Å². The molecule has 7 heteroatoms. The van der Waals surface area contributed by atoms with Gasteiger partial charge in [0.2, 0.25) is 0 Å². The quantitative estimate of drug-likeness (QED) is 0.875. The van der Waals surface area contributed by atoms with Crippen molar-refractivity contribution in [3.05, 3.63) is 41.7 Å². The summed E-state index contributed by atoms with van der Waals surface area (Å²) >= 11 is 0. The van der Waals surface area contributed by atoms with Crippen molar-refractivity contribution in [2.45, 2.75) is 19.8 Å². The van der Waals surface area contributed by atoms with Crippen LogP contribution in [0.15, 0.2) is 30.5 Å². The Kier molecular flexibility index (Phi) is 4.37. The fourth-order valence-electron chi connectivity index (χ4n) is 3.97. The number of hydrogen-bond donors (Lipinski definition) is 1. The second-order valence-corrected chi connectivity index (χ2v) is 7.48. The number of likely N-dealkylation sites (tertiary alicyclic amines) is 1. The normalized spacial score (nSPS) is 22.1. The SMILES string of the molecule is COc1ccc(C)cc1-n1ccc(C(=O)N2C[C@H](C(=O)O)[C@@H](C3CC3)C2)n1. The molecule has 0 spiro atoms. The third-order valence-electron chi connectivity index (χ3n) is 5.59. The summed E-state index contributed by atoms with van der Waals surface area (Å²) < 4.78 is 7.02. The highest BCUT2D eigenvalue weighted by molar-refractivity contribution is 5.93. The van der Waals surface area contributed by atoms with Crippen molar-refractivity contribution in [2.24, 2.45) is 17.8 Å². The molecule has 1 N–H and O–H groups in total. The van der Waals surface area contributed by atoms with E-state index in [1.165, 1.54) is 0 Å². The second kappa shape index (κ2) is 6.72. The van der Waals surface area contributed by atoms with Crippen molar-refractivity contribution in [1.82, 2.24) is 14.7 Å². The van der Waals surface area contributed by atoms with E-state index in [1.54, 1.807) is 29.0 Å². The van der Waals surface area contributed by atoms with E-state index >= 15 is 0 Å². The van der Waals surface area contributed by atoms with Gasteiger partial charge in [-0.15, -0.1) is 0 Å². The van der Waals surface area contributed by atoms with E-state index in [4.69, 9.17) is 4.74 Å². The third-order valence-corrected chi connectivity index (χ3v) is 5.59. The molecule has 2 aromatic rings. The van der Waals surface area contributed by atoms with Crippen molar-refractivity contribution >= 4 is 11.9 Å². The Balaban J connectivity index is 1.56. The molecule has 27 heavy (non-hydrogen) atoms. The number of carboxylic acid groups (broad SMARTS) is 1. The Labute approximate surface area is 157 Å². The van der Waals surface area contributed by atoms with E-state index in [1.807, 2.05) is 25.1 Å². The first-order chi connectivity index (χ1) is 13.0. The van der Waals surface area contributed by atoms with Crippen molar-refractivity contribution in [1.29, 1.82) is 0 Å². The molecule has 0 bridgehead atoms. The first-order valence-corrected chi connectivity index (χ1v) is 9.20. The van der Waals surface area contributed by atoms with Gasteiger partial charge in [-0.1, -0.05) is 6.07 Å². The highest BCUT2D eigenvalue weighted by Crippen LogP contribution is 2.44. The number of benzene rings is 1. The summed E-state index contributed by atoms with van der Waals surface area (Å²) in [6.45, 7) is 2.74. The number of aliphatic carboxylic acids is 1. The molecule has 0 unspecified atom stereocenters. The van der Waals surface area contributed by atoms with Gasteiger partial charge in [0.1, 0.15) is 11.4 Å². The molecule has 1 saturated heterocycles. The lowest BCUT2D eigenvalue weighted by atomic mass is 9.92. The predicted molar refractivity (Wildman–Crippen MR) is 98.1 cm³/mol. The summed E-state index contributed by atoms with van der Waals surface area (Å²) in [5.41, 5.74) is 2.14. The van der Waals surface area contributed by atoms with E-state index in [0.717, 1.165) is 24.1 Å². The first-order valence-electron chi connectivity index (χ1n) is 9.20. The van der Waals surface area contributed by atoms with Gasteiger partial charge in [-0.2, -0.15) is 5.10 Å². The zero-order chi connectivity index (χ0) is 19.1. The number of aryl methyl sites for hydroxylation is 1. The average Bonchev–Trinajstić information content (AvgIpc) is 3.21. The third kappa shape index (κ3) is 3.29. The van der Waals surface area contributed by atoms with Crippen LogP contribution in [-0.4, -0.2) is 51.9 Å². The Bertz CT molecular complexity index is 887. The number of amides is 1. The van der Waals surface area contributed by atoms with Crippen LogP contribution in [0.5, 0.6) is 5.75 Å². The molecule has 1 amide bonds. The molecule has 2 aliphatic rings. The molecule has 1 aromatic carbocycles. The number of hydrogen-bond acceptors (Lipinski definition) is 4. The predicted octanol–water partition coefficient (Wildman–Crippen LogP) is 2.37. The minimum Gasteiger partial charge on any atom is -0.494 e. The number of rotatable bonds is 5. The maximum Gasteiger partial charge on any atom is 0.308 e. The van der Waals surface area contributed by atoms with Gasteiger partial charge in [-0.25, -0.2) is 4.68 Å². The lowest BCUT2D eigenvalue weighted by Crippen LogP contribution is -2.30. The molecule has 1 aromatic heterocycles. The zero-order valence-corrected chi connectivity index (χ0v) is 15.5. The van der Waals surface area contributed by atoms with E-state index in [-0.39, 0.29) is 18.4 Å². The maximum absolute atomic E-state index is 12.9. The van der Waals surface area contributed by atoms with Gasteiger partial charge >= 0.3 is 5.97 Å². The molecule has 1 aliphatic carbocycles. The van der Waals surface area contributed by atoms with Crippen LogP contribution in [0.1, 0.15) is 28.9 Å². The monoisotopic (exact) mass is 369 g/mol. The minimum atomic E-state index is -0.808. The van der Waals surface area contributed by atoms with Gasteiger partial charge in [0.15, 0.2) is 5.69 Å². The van der Waals surface area contributed by atoms with Crippen molar-refractivity contribution in [2.75, 3.05) is 20.2 Å². The fourth-order valence-corrected chi connectivity index (χ4v) is 3.97. The summed E-state index contributed by atoms with van der Waals surface area (Å²) in [4.78, 5) is 26.1. The number of carbonyl (C=O) groups is 2. The summed E-state index contributed by atoms with van der Waals surface area (Å²) in [6.07, 6.45) is 3.87. The van der Waals surface area contributed by atoms with Crippen LogP contribution < -0.4 is 4.74 Å². The van der Waals surface area contributed by atoms with Crippen molar-refractivity contribution in [3.63, 3.8) is 0 Å². The average molecular weight is 369 g/mol. The summed E-state index contributed by atoms with van der Waals surface area (Å²) in [7, 11) is 1.60. The van der Waals surface area contributed by atoms with Crippen LogP contribution in [0, 0.1) is 24.7 Å². The molecule has 7 nitrogen and oxygen atoms in total. The van der Waals surface area contributed by atoms with Gasteiger partial charge in [0.05, 0.1) is 13.0 Å². The number of carboxylic acids is 1. The molecule has 4 rings (SSSR count).